The highest BCUT2D eigenvalue weighted by Crippen LogP contribution is 2.26. The van der Waals surface area contributed by atoms with Crippen LogP contribution in [0.15, 0.2) is 91.0 Å². The van der Waals surface area contributed by atoms with Crippen molar-refractivity contribution in [3.63, 3.8) is 0 Å². The van der Waals surface area contributed by atoms with E-state index in [0.717, 1.165) is 22.0 Å². The van der Waals surface area contributed by atoms with Crippen molar-refractivity contribution < 1.29 is 19.4 Å². The Morgan fingerprint density at radius 3 is 2.32 bits per heavy atom. The molecule has 4 aromatic carbocycles. The minimum absolute atomic E-state index is 0.0856. The van der Waals surface area contributed by atoms with Crippen molar-refractivity contribution in [1.29, 1.82) is 0 Å². The number of fused-ring (bicyclic) bond motifs is 2. The number of ether oxygens (including phenoxy) is 1. The van der Waals surface area contributed by atoms with Gasteiger partial charge in [-0.25, -0.2) is 0 Å². The Kier molecular flexibility index (Phi) is 5.60. The summed E-state index contributed by atoms with van der Waals surface area (Å²) in [4.78, 5) is 24.5. The van der Waals surface area contributed by atoms with E-state index in [-0.39, 0.29) is 12.3 Å². The lowest BCUT2D eigenvalue weighted by molar-refractivity contribution is -0.136. The predicted molar refractivity (Wildman–Crippen MR) is 132 cm³/mol. The maximum Gasteiger partial charge on any atom is 0.307 e. The number of carboxylic acid groups (broad SMARTS) is 1. The van der Waals surface area contributed by atoms with Gasteiger partial charge >= 0.3 is 5.97 Å². The normalized spacial score (nSPS) is 11.1. The van der Waals surface area contributed by atoms with Gasteiger partial charge in [0.1, 0.15) is 12.4 Å². The van der Waals surface area contributed by atoms with E-state index in [0.29, 0.717) is 29.0 Å². The summed E-state index contributed by atoms with van der Waals surface area (Å²) < 4.78 is 7.63. The molecule has 168 valence electrons. The standard InChI is InChI=1S/C29H23NO4/c1-19-16-26-22(17-28(31)32)8-5-11-27(26)30(19)29(33)21-12-14-24(15-13-21)34-18-23-9-4-7-20-6-2-3-10-25(20)23/h2-16H,17-18H2,1H3,(H,31,32). The highest BCUT2D eigenvalue weighted by molar-refractivity contribution is 6.04. The van der Waals surface area contributed by atoms with Crippen LogP contribution in [0, 0.1) is 6.92 Å². The summed E-state index contributed by atoms with van der Waals surface area (Å²) in [6.07, 6.45) is -0.0856. The molecule has 5 nitrogen and oxygen atoms in total. The number of nitrogens with zero attached hydrogens (tertiary/aromatic N) is 1. The Morgan fingerprint density at radius 2 is 1.53 bits per heavy atom. The van der Waals surface area contributed by atoms with Gasteiger partial charge in [-0.15, -0.1) is 0 Å². The van der Waals surface area contributed by atoms with Gasteiger partial charge in [0.15, 0.2) is 0 Å². The summed E-state index contributed by atoms with van der Waals surface area (Å²) in [6, 6.07) is 28.8. The van der Waals surface area contributed by atoms with Crippen LogP contribution in [0.5, 0.6) is 5.75 Å². The Balaban J connectivity index is 1.37. The van der Waals surface area contributed by atoms with E-state index in [1.165, 1.54) is 5.39 Å². The van der Waals surface area contributed by atoms with E-state index < -0.39 is 5.97 Å². The molecule has 0 aliphatic rings. The van der Waals surface area contributed by atoms with Crippen LogP contribution in [-0.2, 0) is 17.8 Å². The molecule has 0 radical (unpaired) electrons. The van der Waals surface area contributed by atoms with E-state index in [4.69, 9.17) is 4.74 Å². The lowest BCUT2D eigenvalue weighted by atomic mass is 10.1. The zero-order valence-corrected chi connectivity index (χ0v) is 18.7. The molecule has 0 saturated heterocycles. The fraction of sp³-hybridized carbons (Fsp3) is 0.103. The van der Waals surface area contributed by atoms with Crippen LogP contribution in [0.1, 0.15) is 27.2 Å². The van der Waals surface area contributed by atoms with Gasteiger partial charge in [-0.2, -0.15) is 0 Å². The second-order valence-electron chi connectivity index (χ2n) is 8.30. The van der Waals surface area contributed by atoms with E-state index >= 15 is 0 Å². The third-order valence-electron chi connectivity index (χ3n) is 6.04. The van der Waals surface area contributed by atoms with Crippen molar-refractivity contribution in [3.8, 4) is 5.75 Å². The smallest absolute Gasteiger partial charge is 0.307 e. The number of rotatable bonds is 6. The number of hydrogen-bond donors (Lipinski definition) is 1. The number of aryl methyl sites for hydroxylation is 1. The summed E-state index contributed by atoms with van der Waals surface area (Å²) in [5.74, 6) is -0.383. The SMILES string of the molecule is Cc1cc2c(CC(=O)O)cccc2n1C(=O)c1ccc(OCc2cccc3ccccc23)cc1. The van der Waals surface area contributed by atoms with Crippen LogP contribution in [0.3, 0.4) is 0 Å². The third kappa shape index (κ3) is 4.04. The van der Waals surface area contributed by atoms with Crippen molar-refractivity contribution in [2.75, 3.05) is 0 Å². The average Bonchev–Trinajstić information content (AvgIpc) is 3.19. The van der Waals surface area contributed by atoms with Crippen LogP contribution in [0.2, 0.25) is 0 Å². The Morgan fingerprint density at radius 1 is 0.824 bits per heavy atom. The maximum atomic E-state index is 13.3. The van der Waals surface area contributed by atoms with Gasteiger partial charge in [-0.05, 0) is 65.2 Å². The van der Waals surface area contributed by atoms with Crippen molar-refractivity contribution in [2.45, 2.75) is 20.0 Å². The second kappa shape index (κ2) is 8.87. The van der Waals surface area contributed by atoms with Gasteiger partial charge in [0, 0.05) is 16.6 Å². The number of aromatic nitrogens is 1. The molecule has 34 heavy (non-hydrogen) atoms. The average molecular weight is 450 g/mol. The number of carbonyl (C=O) groups excluding carboxylic acids is 1. The molecule has 0 aliphatic carbocycles. The molecular formula is C29H23NO4. The monoisotopic (exact) mass is 449 g/mol. The maximum absolute atomic E-state index is 13.3. The summed E-state index contributed by atoms with van der Waals surface area (Å²) in [5, 5.41) is 12.3. The Hall–Kier alpha value is -4.38. The van der Waals surface area contributed by atoms with Gasteiger partial charge in [-0.1, -0.05) is 54.6 Å². The van der Waals surface area contributed by atoms with Crippen LogP contribution in [0.4, 0.5) is 0 Å². The second-order valence-corrected chi connectivity index (χ2v) is 8.30. The summed E-state index contributed by atoms with van der Waals surface area (Å²) in [6.45, 7) is 2.28. The minimum atomic E-state index is -0.900. The van der Waals surface area contributed by atoms with E-state index in [1.807, 2.05) is 37.3 Å². The summed E-state index contributed by atoms with van der Waals surface area (Å²) >= 11 is 0. The van der Waals surface area contributed by atoms with E-state index in [9.17, 15) is 14.7 Å². The molecule has 1 N–H and O–H groups in total. The number of benzene rings is 4. The fourth-order valence-electron chi connectivity index (χ4n) is 4.41. The number of carboxylic acids is 1. The van der Waals surface area contributed by atoms with Crippen LogP contribution in [0.25, 0.3) is 21.7 Å². The molecule has 0 amide bonds. The molecule has 0 unspecified atom stereocenters. The molecule has 0 atom stereocenters. The number of aliphatic carboxylic acids is 1. The first-order valence-electron chi connectivity index (χ1n) is 11.1. The zero-order valence-electron chi connectivity index (χ0n) is 18.7. The van der Waals surface area contributed by atoms with Gasteiger partial charge < -0.3 is 9.84 Å². The first-order valence-corrected chi connectivity index (χ1v) is 11.1. The lowest BCUT2D eigenvalue weighted by Crippen LogP contribution is -2.13. The summed E-state index contributed by atoms with van der Waals surface area (Å²) in [7, 11) is 0. The quantitative estimate of drug-likeness (QED) is 0.345. The molecule has 0 bridgehead atoms. The molecule has 0 aliphatic heterocycles. The predicted octanol–water partition coefficient (Wildman–Crippen LogP) is 6.00. The number of carbonyl (C=O) groups is 2. The van der Waals surface area contributed by atoms with Gasteiger partial charge in [0.05, 0.1) is 11.9 Å². The highest BCUT2D eigenvalue weighted by atomic mass is 16.5. The number of hydrogen-bond acceptors (Lipinski definition) is 3. The lowest BCUT2D eigenvalue weighted by Gasteiger charge is -2.11. The fourth-order valence-corrected chi connectivity index (χ4v) is 4.41. The highest BCUT2D eigenvalue weighted by Gasteiger charge is 2.17. The molecule has 0 fully saturated rings. The van der Waals surface area contributed by atoms with E-state index in [1.54, 1.807) is 41.0 Å². The first-order chi connectivity index (χ1) is 16.5. The van der Waals surface area contributed by atoms with Gasteiger partial charge in [-0.3, -0.25) is 14.2 Å². The summed E-state index contributed by atoms with van der Waals surface area (Å²) in [5.41, 5.74) is 3.79. The molecule has 0 saturated carbocycles. The van der Waals surface area contributed by atoms with Crippen molar-refractivity contribution in [3.05, 3.63) is 113 Å². The van der Waals surface area contributed by atoms with Crippen molar-refractivity contribution >= 4 is 33.6 Å². The molecular weight excluding hydrogens is 426 g/mol. The van der Waals surface area contributed by atoms with Crippen molar-refractivity contribution in [2.24, 2.45) is 0 Å². The molecule has 5 aromatic rings. The third-order valence-corrected chi connectivity index (χ3v) is 6.04. The topological polar surface area (TPSA) is 68.5 Å². The van der Waals surface area contributed by atoms with Crippen LogP contribution >= 0.6 is 0 Å². The molecule has 1 aromatic heterocycles. The largest absolute Gasteiger partial charge is 0.489 e. The zero-order chi connectivity index (χ0) is 23.7. The first kappa shape index (κ1) is 21.5. The van der Waals surface area contributed by atoms with E-state index in [2.05, 4.69) is 24.3 Å². The van der Waals surface area contributed by atoms with Crippen molar-refractivity contribution in [1.82, 2.24) is 4.57 Å². The van der Waals surface area contributed by atoms with Gasteiger partial charge in [0.25, 0.3) is 5.91 Å². The molecule has 5 heteroatoms. The Bertz CT molecular complexity index is 1520. The Labute approximate surface area is 196 Å². The van der Waals surface area contributed by atoms with Crippen LogP contribution in [-0.4, -0.2) is 21.6 Å². The molecule has 5 rings (SSSR count). The molecule has 1 heterocycles. The van der Waals surface area contributed by atoms with Gasteiger partial charge in [0.2, 0.25) is 0 Å². The van der Waals surface area contributed by atoms with Crippen LogP contribution < -0.4 is 4.74 Å². The minimum Gasteiger partial charge on any atom is -0.489 e. The molecule has 0 spiro atoms.